The van der Waals surface area contributed by atoms with Crippen LogP contribution < -0.4 is 0 Å². The summed E-state index contributed by atoms with van der Waals surface area (Å²) < 4.78 is 12.8. The van der Waals surface area contributed by atoms with Crippen LogP contribution in [0.15, 0.2) is 91.0 Å². The van der Waals surface area contributed by atoms with Gasteiger partial charge in [-0.1, -0.05) is 91.0 Å². The van der Waals surface area contributed by atoms with Gasteiger partial charge >= 0.3 is 0 Å². The van der Waals surface area contributed by atoms with Crippen molar-refractivity contribution < 1.29 is 9.47 Å². The van der Waals surface area contributed by atoms with Gasteiger partial charge in [0.25, 0.3) is 0 Å². The smallest absolute Gasteiger partial charge is 0.143 e. The summed E-state index contributed by atoms with van der Waals surface area (Å²) in [5.41, 5.74) is 2.54. The zero-order valence-electron chi connectivity index (χ0n) is 16.4. The number of nitrogens with zero attached hydrogens (tertiary/aromatic N) is 1. The Labute approximate surface area is 172 Å². The van der Waals surface area contributed by atoms with E-state index < -0.39 is 5.60 Å². The van der Waals surface area contributed by atoms with E-state index in [0.29, 0.717) is 13.0 Å². The van der Waals surface area contributed by atoms with Crippen LogP contribution in [0, 0.1) is 11.3 Å². The van der Waals surface area contributed by atoms with Crippen molar-refractivity contribution in [2.45, 2.75) is 37.1 Å². The van der Waals surface area contributed by atoms with Crippen LogP contribution in [0.5, 0.6) is 0 Å². The number of ether oxygens (including phenoxy) is 2. The van der Waals surface area contributed by atoms with Crippen LogP contribution in [0.2, 0.25) is 0 Å². The van der Waals surface area contributed by atoms with Crippen molar-refractivity contribution in [2.75, 3.05) is 6.61 Å². The van der Waals surface area contributed by atoms with Gasteiger partial charge in [0, 0.05) is 0 Å². The molecule has 0 aromatic heterocycles. The van der Waals surface area contributed by atoms with Crippen LogP contribution in [-0.4, -0.2) is 18.8 Å². The van der Waals surface area contributed by atoms with Gasteiger partial charge in [0.2, 0.25) is 0 Å². The summed E-state index contributed by atoms with van der Waals surface area (Å²) in [6, 6.07) is 33.3. The molecule has 1 fully saturated rings. The normalized spacial score (nSPS) is 19.0. The summed E-state index contributed by atoms with van der Waals surface area (Å²) in [5.74, 6) is 0. The maximum atomic E-state index is 8.96. The average molecular weight is 383 g/mol. The van der Waals surface area contributed by atoms with Crippen molar-refractivity contribution in [2.24, 2.45) is 0 Å². The molecule has 0 radical (unpaired) electrons. The van der Waals surface area contributed by atoms with Crippen LogP contribution in [0.3, 0.4) is 0 Å². The molecule has 0 aliphatic carbocycles. The molecule has 4 rings (SSSR count). The maximum Gasteiger partial charge on any atom is 0.143 e. The first-order chi connectivity index (χ1) is 14.3. The van der Waals surface area contributed by atoms with E-state index in [-0.39, 0.29) is 12.2 Å². The fourth-order valence-corrected chi connectivity index (χ4v) is 4.14. The molecule has 2 atom stereocenters. The fraction of sp³-hybridized carbons (Fsp3) is 0.269. The van der Waals surface area contributed by atoms with E-state index in [2.05, 4.69) is 42.5 Å². The van der Waals surface area contributed by atoms with E-state index in [9.17, 15) is 0 Å². The lowest BCUT2D eigenvalue weighted by atomic mass is 9.80. The summed E-state index contributed by atoms with van der Waals surface area (Å²) in [6.45, 7) is 0.473. The summed E-state index contributed by atoms with van der Waals surface area (Å²) in [5, 5.41) is 8.96. The molecule has 146 valence electrons. The predicted octanol–water partition coefficient (Wildman–Crippen LogP) is 5.46. The number of nitriles is 1. The van der Waals surface area contributed by atoms with Gasteiger partial charge in [-0.25, -0.2) is 0 Å². The minimum atomic E-state index is -0.722. The second-order valence-electron chi connectivity index (χ2n) is 7.41. The minimum absolute atomic E-state index is 0.00358. The molecule has 0 spiro atoms. The topological polar surface area (TPSA) is 42.2 Å². The molecule has 29 heavy (non-hydrogen) atoms. The molecule has 1 aliphatic heterocycles. The molecule has 3 aromatic carbocycles. The summed E-state index contributed by atoms with van der Waals surface area (Å²) in [4.78, 5) is 0. The van der Waals surface area contributed by atoms with Crippen molar-refractivity contribution in [3.8, 4) is 6.07 Å². The lowest BCUT2D eigenvalue weighted by molar-refractivity contribution is -0.0607. The Morgan fingerprint density at radius 2 is 1.21 bits per heavy atom. The van der Waals surface area contributed by atoms with Gasteiger partial charge in [-0.3, -0.25) is 0 Å². The fourth-order valence-electron chi connectivity index (χ4n) is 4.14. The Kier molecular flexibility index (Phi) is 6.05. The van der Waals surface area contributed by atoms with E-state index in [0.717, 1.165) is 29.5 Å². The third-order valence-electron chi connectivity index (χ3n) is 5.54. The lowest BCUT2D eigenvalue weighted by Gasteiger charge is -2.36. The molecule has 3 heteroatoms. The quantitative estimate of drug-likeness (QED) is 0.509. The monoisotopic (exact) mass is 383 g/mol. The number of benzene rings is 3. The lowest BCUT2D eigenvalue weighted by Crippen LogP contribution is -2.35. The van der Waals surface area contributed by atoms with Crippen molar-refractivity contribution in [3.05, 3.63) is 108 Å². The Balaban J connectivity index is 1.73. The van der Waals surface area contributed by atoms with E-state index in [4.69, 9.17) is 14.7 Å². The van der Waals surface area contributed by atoms with Crippen molar-refractivity contribution >= 4 is 0 Å². The Morgan fingerprint density at radius 1 is 0.759 bits per heavy atom. The highest BCUT2D eigenvalue weighted by Gasteiger charge is 2.39. The maximum absolute atomic E-state index is 8.96. The third-order valence-corrected chi connectivity index (χ3v) is 5.54. The average Bonchev–Trinajstić information content (AvgIpc) is 3.24. The highest BCUT2D eigenvalue weighted by molar-refractivity contribution is 5.47. The Hall–Kier alpha value is -2.93. The first kappa shape index (κ1) is 19.4. The SMILES string of the molecule is N#CCC1CC[C@@H](COC(c2ccccc2)(c2ccccc2)c2ccccc2)O1. The molecule has 0 amide bonds. The molecule has 1 aliphatic rings. The molecule has 1 unspecified atom stereocenters. The summed E-state index contributed by atoms with van der Waals surface area (Å²) in [7, 11) is 0. The van der Waals surface area contributed by atoms with E-state index >= 15 is 0 Å². The van der Waals surface area contributed by atoms with Crippen LogP contribution >= 0.6 is 0 Å². The number of hydrogen-bond acceptors (Lipinski definition) is 3. The molecular formula is C26H25NO2. The van der Waals surface area contributed by atoms with Gasteiger partial charge in [-0.05, 0) is 29.5 Å². The molecule has 0 bridgehead atoms. The molecule has 1 saturated heterocycles. The van der Waals surface area contributed by atoms with E-state index in [1.807, 2.05) is 54.6 Å². The second-order valence-corrected chi connectivity index (χ2v) is 7.41. The predicted molar refractivity (Wildman–Crippen MR) is 113 cm³/mol. The molecule has 1 heterocycles. The molecule has 3 aromatic rings. The summed E-state index contributed by atoms with van der Waals surface area (Å²) >= 11 is 0. The molecular weight excluding hydrogens is 358 g/mol. The summed E-state index contributed by atoms with van der Waals surface area (Å²) in [6.07, 6.45) is 2.30. The zero-order chi connectivity index (χ0) is 19.9. The van der Waals surface area contributed by atoms with Crippen molar-refractivity contribution in [1.29, 1.82) is 5.26 Å². The van der Waals surface area contributed by atoms with E-state index in [1.165, 1.54) is 0 Å². The number of rotatable bonds is 7. The van der Waals surface area contributed by atoms with E-state index in [1.54, 1.807) is 0 Å². The van der Waals surface area contributed by atoms with Crippen molar-refractivity contribution in [1.82, 2.24) is 0 Å². The molecule has 3 nitrogen and oxygen atoms in total. The van der Waals surface area contributed by atoms with Crippen LogP contribution in [0.4, 0.5) is 0 Å². The van der Waals surface area contributed by atoms with Crippen LogP contribution in [0.1, 0.15) is 36.0 Å². The van der Waals surface area contributed by atoms with Gasteiger partial charge in [-0.2, -0.15) is 5.26 Å². The van der Waals surface area contributed by atoms with Crippen LogP contribution in [0.25, 0.3) is 0 Å². The van der Waals surface area contributed by atoms with Crippen LogP contribution in [-0.2, 0) is 15.1 Å². The first-order valence-corrected chi connectivity index (χ1v) is 10.2. The van der Waals surface area contributed by atoms with Gasteiger partial charge in [0.15, 0.2) is 0 Å². The van der Waals surface area contributed by atoms with Crippen molar-refractivity contribution in [3.63, 3.8) is 0 Å². The van der Waals surface area contributed by atoms with Gasteiger partial charge in [0.1, 0.15) is 5.60 Å². The third kappa shape index (κ3) is 4.10. The standard InChI is InChI=1S/C26H25NO2/c27-19-18-24-16-17-25(29-24)20-28-26(21-10-4-1-5-11-21,22-12-6-2-7-13-22)23-14-8-3-9-15-23/h1-15,24-25H,16-18,20H2/t24?,25-/m0/s1. The van der Waals surface area contributed by atoms with Gasteiger partial charge in [-0.15, -0.1) is 0 Å². The van der Waals surface area contributed by atoms with Gasteiger partial charge < -0.3 is 9.47 Å². The Bertz CT molecular complexity index is 838. The zero-order valence-corrected chi connectivity index (χ0v) is 16.4. The van der Waals surface area contributed by atoms with Gasteiger partial charge in [0.05, 0.1) is 31.3 Å². The minimum Gasteiger partial charge on any atom is -0.372 e. The highest BCUT2D eigenvalue weighted by atomic mass is 16.6. The second kappa shape index (κ2) is 9.05. The molecule has 0 N–H and O–H groups in total. The largest absolute Gasteiger partial charge is 0.372 e. The Morgan fingerprint density at radius 3 is 1.66 bits per heavy atom. The number of hydrogen-bond donors (Lipinski definition) is 0. The molecule has 0 saturated carbocycles. The highest BCUT2D eigenvalue weighted by Crippen LogP contribution is 2.41. The first-order valence-electron chi connectivity index (χ1n) is 10.2.